The third-order valence-corrected chi connectivity index (χ3v) is 5.28. The summed E-state index contributed by atoms with van der Waals surface area (Å²) in [6, 6.07) is 26.4. The lowest BCUT2D eigenvalue weighted by molar-refractivity contribution is 0.415. The molecular weight excluding hydrogens is 389 g/mol. The summed E-state index contributed by atoms with van der Waals surface area (Å²) < 4.78 is 20.6. The third-order valence-electron chi connectivity index (χ3n) is 5.28. The lowest BCUT2D eigenvalue weighted by atomic mass is 10.1. The highest BCUT2D eigenvalue weighted by Gasteiger charge is 2.14. The van der Waals surface area contributed by atoms with E-state index in [0.717, 1.165) is 45.2 Å². The van der Waals surface area contributed by atoms with E-state index < -0.39 is 0 Å². The fourth-order valence-corrected chi connectivity index (χ4v) is 3.60. The number of benzene rings is 3. The van der Waals surface area contributed by atoms with Crippen molar-refractivity contribution in [1.29, 1.82) is 0 Å². The average molecular weight is 409 g/mol. The van der Waals surface area contributed by atoms with Crippen molar-refractivity contribution >= 4 is 5.65 Å². The van der Waals surface area contributed by atoms with E-state index in [4.69, 9.17) is 14.8 Å². The molecule has 0 aliphatic heterocycles. The standard InChI is InChI=1S/C26H20FN3O/c1-17-6-8-18(9-7-17)23-15-25(20-4-3-5-22(14-20)31-2)30-26(28-23)16-24(29-30)19-10-12-21(27)13-11-19/h3-16H,1-2H3. The molecule has 3 aromatic carbocycles. The molecule has 0 spiro atoms. The molecule has 0 bridgehead atoms. The summed E-state index contributed by atoms with van der Waals surface area (Å²) in [5, 5.41) is 4.78. The Balaban J connectivity index is 1.74. The van der Waals surface area contributed by atoms with E-state index in [-0.39, 0.29) is 5.82 Å². The Labute approximate surface area is 179 Å². The molecule has 0 amide bonds. The van der Waals surface area contributed by atoms with Crippen molar-refractivity contribution in [2.24, 2.45) is 0 Å². The summed E-state index contributed by atoms with van der Waals surface area (Å²) in [6.07, 6.45) is 0. The highest BCUT2D eigenvalue weighted by atomic mass is 19.1. The van der Waals surface area contributed by atoms with Gasteiger partial charge >= 0.3 is 0 Å². The minimum absolute atomic E-state index is 0.274. The summed E-state index contributed by atoms with van der Waals surface area (Å²) >= 11 is 0. The second-order valence-corrected chi connectivity index (χ2v) is 7.43. The van der Waals surface area contributed by atoms with E-state index in [2.05, 4.69) is 31.2 Å². The van der Waals surface area contributed by atoms with Crippen LogP contribution in [0.15, 0.2) is 84.9 Å². The van der Waals surface area contributed by atoms with Crippen LogP contribution in [0.25, 0.3) is 39.4 Å². The highest BCUT2D eigenvalue weighted by Crippen LogP contribution is 2.30. The van der Waals surface area contributed by atoms with Gasteiger partial charge in [-0.3, -0.25) is 0 Å². The van der Waals surface area contributed by atoms with Gasteiger partial charge in [0, 0.05) is 22.8 Å². The van der Waals surface area contributed by atoms with Crippen molar-refractivity contribution < 1.29 is 9.13 Å². The number of ether oxygens (including phenoxy) is 1. The van der Waals surface area contributed by atoms with Crippen LogP contribution in [0.3, 0.4) is 0 Å². The number of hydrogen-bond acceptors (Lipinski definition) is 3. The van der Waals surface area contributed by atoms with E-state index in [1.165, 1.54) is 17.7 Å². The van der Waals surface area contributed by atoms with Crippen molar-refractivity contribution in [3.05, 3.63) is 96.3 Å². The van der Waals surface area contributed by atoms with Crippen molar-refractivity contribution in [1.82, 2.24) is 14.6 Å². The molecular formula is C26H20FN3O. The maximum Gasteiger partial charge on any atom is 0.156 e. The first-order valence-electron chi connectivity index (χ1n) is 9.99. The summed E-state index contributed by atoms with van der Waals surface area (Å²) in [6.45, 7) is 2.06. The second-order valence-electron chi connectivity index (χ2n) is 7.43. The van der Waals surface area contributed by atoms with Crippen molar-refractivity contribution in [2.45, 2.75) is 6.92 Å². The predicted molar refractivity (Wildman–Crippen MR) is 121 cm³/mol. The first kappa shape index (κ1) is 19.0. The fourth-order valence-electron chi connectivity index (χ4n) is 3.60. The van der Waals surface area contributed by atoms with E-state index in [1.807, 2.05) is 40.9 Å². The molecule has 152 valence electrons. The molecule has 5 rings (SSSR count). The Bertz CT molecular complexity index is 1370. The Kier molecular flexibility index (Phi) is 4.71. The van der Waals surface area contributed by atoms with Crippen molar-refractivity contribution in [2.75, 3.05) is 7.11 Å². The zero-order valence-corrected chi connectivity index (χ0v) is 17.2. The summed E-state index contributed by atoms with van der Waals surface area (Å²) in [7, 11) is 1.65. The van der Waals surface area contributed by atoms with Crippen molar-refractivity contribution in [3.8, 4) is 39.5 Å². The fraction of sp³-hybridized carbons (Fsp3) is 0.0769. The third kappa shape index (κ3) is 3.66. The molecule has 2 aromatic heterocycles. The molecule has 0 aliphatic rings. The molecule has 5 heteroatoms. The first-order chi connectivity index (χ1) is 15.1. The van der Waals surface area contributed by atoms with Gasteiger partial charge in [0.15, 0.2) is 5.65 Å². The number of halogens is 1. The smallest absolute Gasteiger partial charge is 0.156 e. The molecule has 0 saturated heterocycles. The molecule has 0 unspecified atom stereocenters. The Hall–Kier alpha value is -3.99. The number of aryl methyl sites for hydroxylation is 1. The van der Waals surface area contributed by atoms with Crippen molar-refractivity contribution in [3.63, 3.8) is 0 Å². The van der Waals surface area contributed by atoms with E-state index in [1.54, 1.807) is 19.2 Å². The summed E-state index contributed by atoms with van der Waals surface area (Å²) in [5.74, 6) is 0.495. The Morgan fingerprint density at radius 1 is 0.774 bits per heavy atom. The molecule has 0 saturated carbocycles. The number of nitrogens with zero attached hydrogens (tertiary/aromatic N) is 3. The molecule has 0 fully saturated rings. The van der Waals surface area contributed by atoms with Gasteiger partial charge in [0.25, 0.3) is 0 Å². The van der Waals surface area contributed by atoms with Crippen LogP contribution in [0.2, 0.25) is 0 Å². The van der Waals surface area contributed by atoms with Crippen LogP contribution in [0.1, 0.15) is 5.56 Å². The summed E-state index contributed by atoms with van der Waals surface area (Å²) in [5.41, 5.74) is 7.23. The average Bonchev–Trinajstić information content (AvgIpc) is 3.23. The molecule has 2 heterocycles. The van der Waals surface area contributed by atoms with Crippen LogP contribution >= 0.6 is 0 Å². The van der Waals surface area contributed by atoms with Gasteiger partial charge in [0.05, 0.1) is 24.2 Å². The predicted octanol–water partition coefficient (Wildman–Crippen LogP) is 6.19. The largest absolute Gasteiger partial charge is 0.497 e. The molecule has 0 atom stereocenters. The van der Waals surface area contributed by atoms with Gasteiger partial charge in [-0.15, -0.1) is 0 Å². The van der Waals surface area contributed by atoms with Gasteiger partial charge in [-0.1, -0.05) is 42.0 Å². The zero-order valence-electron chi connectivity index (χ0n) is 17.2. The monoisotopic (exact) mass is 409 g/mol. The number of aromatic nitrogens is 3. The van der Waals surface area contributed by atoms with Crippen LogP contribution < -0.4 is 4.74 Å². The quantitative estimate of drug-likeness (QED) is 0.355. The van der Waals surface area contributed by atoms with Gasteiger partial charge in [0.2, 0.25) is 0 Å². The van der Waals surface area contributed by atoms with Crippen LogP contribution in [-0.4, -0.2) is 21.7 Å². The lowest BCUT2D eigenvalue weighted by Crippen LogP contribution is -1.99. The number of fused-ring (bicyclic) bond motifs is 1. The Morgan fingerprint density at radius 3 is 2.23 bits per heavy atom. The SMILES string of the molecule is COc1cccc(-c2cc(-c3ccc(C)cc3)nc3cc(-c4ccc(F)cc4)nn23)c1. The van der Waals surface area contributed by atoms with E-state index in [9.17, 15) is 4.39 Å². The molecule has 0 aliphatic carbocycles. The second kappa shape index (κ2) is 7.69. The van der Waals surface area contributed by atoms with Gasteiger partial charge < -0.3 is 4.74 Å². The molecule has 5 aromatic rings. The first-order valence-corrected chi connectivity index (χ1v) is 9.99. The topological polar surface area (TPSA) is 39.4 Å². The maximum absolute atomic E-state index is 13.4. The van der Waals surface area contributed by atoms with Gasteiger partial charge in [0.1, 0.15) is 11.6 Å². The summed E-state index contributed by atoms with van der Waals surface area (Å²) in [4.78, 5) is 4.86. The van der Waals surface area contributed by atoms with E-state index >= 15 is 0 Å². The van der Waals surface area contributed by atoms with Crippen LogP contribution in [0, 0.1) is 12.7 Å². The van der Waals surface area contributed by atoms with Gasteiger partial charge in [-0.05, 0) is 49.4 Å². The molecule has 4 nitrogen and oxygen atoms in total. The minimum atomic E-state index is -0.274. The van der Waals surface area contributed by atoms with Crippen LogP contribution in [-0.2, 0) is 0 Å². The van der Waals surface area contributed by atoms with Crippen LogP contribution in [0.4, 0.5) is 4.39 Å². The number of rotatable bonds is 4. The number of hydrogen-bond donors (Lipinski definition) is 0. The maximum atomic E-state index is 13.4. The number of methoxy groups -OCH3 is 1. The highest BCUT2D eigenvalue weighted by molar-refractivity contribution is 5.74. The van der Waals surface area contributed by atoms with Gasteiger partial charge in [-0.25, -0.2) is 13.9 Å². The minimum Gasteiger partial charge on any atom is -0.497 e. The normalized spacial score (nSPS) is 11.1. The Morgan fingerprint density at radius 2 is 1.48 bits per heavy atom. The van der Waals surface area contributed by atoms with Gasteiger partial charge in [-0.2, -0.15) is 5.10 Å². The molecule has 0 N–H and O–H groups in total. The zero-order chi connectivity index (χ0) is 21.4. The molecule has 31 heavy (non-hydrogen) atoms. The van der Waals surface area contributed by atoms with Crippen LogP contribution in [0.5, 0.6) is 5.75 Å². The molecule has 0 radical (unpaired) electrons. The lowest BCUT2D eigenvalue weighted by Gasteiger charge is -2.10. The van der Waals surface area contributed by atoms with E-state index in [0.29, 0.717) is 0 Å².